The number of para-hydroxylation sites is 2. The van der Waals surface area contributed by atoms with Crippen LogP contribution in [-0.4, -0.2) is 15.0 Å². The fourth-order valence-corrected chi connectivity index (χ4v) is 7.51. The molecule has 0 N–H and O–H groups in total. The Bertz CT molecular complexity index is 3120. The van der Waals surface area contributed by atoms with Gasteiger partial charge in [0.1, 0.15) is 11.5 Å². The Morgan fingerprint density at radius 1 is 0.500 bits per heavy atom. The van der Waals surface area contributed by atoms with E-state index in [0.29, 0.717) is 22.6 Å². The first kappa shape index (κ1) is 21.1. The first-order chi connectivity index (χ1) is 29.9. The highest BCUT2D eigenvalue weighted by Crippen LogP contribution is 2.63. The zero-order chi connectivity index (χ0) is 43.4. The van der Waals surface area contributed by atoms with Crippen LogP contribution in [-0.2, 0) is 5.41 Å². The lowest BCUT2D eigenvalue weighted by atomic mass is 9.66. The van der Waals surface area contributed by atoms with Gasteiger partial charge in [0.15, 0.2) is 17.5 Å². The van der Waals surface area contributed by atoms with Crippen molar-refractivity contribution in [3.05, 3.63) is 197 Å². The molecular weight excluding hydrogens is 637 g/mol. The molecule has 1 aliphatic heterocycles. The second-order valence-electron chi connectivity index (χ2n) is 12.3. The molecule has 0 unspecified atom stereocenters. The van der Waals surface area contributed by atoms with Crippen LogP contribution in [0.5, 0.6) is 11.5 Å². The summed E-state index contributed by atoms with van der Waals surface area (Å²) < 4.78 is 91.7. The summed E-state index contributed by atoms with van der Waals surface area (Å²) in [4.78, 5) is 13.9. The lowest BCUT2D eigenvalue weighted by Gasteiger charge is -2.39. The maximum atomic E-state index is 9.62. The molecule has 0 atom stereocenters. The number of ether oxygens (including phenoxy) is 1. The Morgan fingerprint density at radius 3 is 1.63 bits per heavy atom. The van der Waals surface area contributed by atoms with Crippen LogP contribution in [0.25, 0.3) is 56.4 Å². The predicted octanol–water partition coefficient (Wildman–Crippen LogP) is 10.9. The van der Waals surface area contributed by atoms with Crippen LogP contribution in [0.2, 0.25) is 0 Å². The Kier molecular flexibility index (Phi) is 4.77. The average molecular weight is 675 g/mol. The quantitative estimate of drug-likeness (QED) is 0.186. The molecule has 0 bridgehead atoms. The number of benzene rings is 7. The van der Waals surface area contributed by atoms with Crippen molar-refractivity contribution in [1.29, 1.82) is 5.26 Å². The van der Waals surface area contributed by atoms with Gasteiger partial charge in [-0.05, 0) is 63.7 Å². The van der Waals surface area contributed by atoms with Crippen LogP contribution in [0.3, 0.4) is 0 Å². The van der Waals surface area contributed by atoms with Gasteiger partial charge in [0.2, 0.25) is 0 Å². The highest BCUT2D eigenvalue weighted by atomic mass is 16.5. The second kappa shape index (κ2) is 11.7. The molecule has 0 saturated heterocycles. The van der Waals surface area contributed by atoms with E-state index in [0.717, 1.165) is 44.5 Å². The smallest absolute Gasteiger partial charge is 0.164 e. The maximum Gasteiger partial charge on any atom is 0.164 e. The fraction of sp³-hybridized carbons (Fsp3) is 0.0213. The number of hydrogen-bond donors (Lipinski definition) is 0. The van der Waals surface area contributed by atoms with Crippen molar-refractivity contribution >= 4 is 0 Å². The molecule has 0 amide bonds. The highest BCUT2D eigenvalue weighted by molar-refractivity contribution is 5.97. The molecule has 8 aromatic rings. The lowest BCUT2D eigenvalue weighted by molar-refractivity contribution is 0.436. The Balaban J connectivity index is 1.30. The van der Waals surface area contributed by atoms with Gasteiger partial charge in [0.25, 0.3) is 0 Å². The van der Waals surface area contributed by atoms with Gasteiger partial charge in [-0.3, -0.25) is 0 Å². The van der Waals surface area contributed by atoms with E-state index in [2.05, 4.69) is 29.3 Å². The summed E-state index contributed by atoms with van der Waals surface area (Å²) in [5.74, 6) is 0.620. The van der Waals surface area contributed by atoms with Crippen LogP contribution in [0.1, 0.15) is 41.5 Å². The zero-order valence-electron chi connectivity index (χ0n) is 37.1. The van der Waals surface area contributed by atoms with Crippen molar-refractivity contribution in [1.82, 2.24) is 15.0 Å². The van der Waals surface area contributed by atoms with Gasteiger partial charge in [-0.25, -0.2) is 15.0 Å². The maximum absolute atomic E-state index is 9.62. The second-order valence-corrected chi connectivity index (χ2v) is 12.3. The SMILES string of the molecule is [2H]c1c([2H])c([2H])c(-c2nc(-c3ccc4c(c3)-c3c(-c5ccc(C#N)cc5)cccc3C43c4ccccc4Oc4ccccc43)nc(-c3c([2H])c([2H])c([2H])c([2H])c3[2H])n2)c([2H])c1[2H]. The van der Waals surface area contributed by atoms with E-state index in [9.17, 15) is 5.26 Å². The molecule has 7 aromatic carbocycles. The van der Waals surface area contributed by atoms with Crippen LogP contribution in [0.15, 0.2) is 170 Å². The van der Waals surface area contributed by atoms with E-state index in [1.165, 1.54) is 0 Å². The molecule has 1 spiro atoms. The monoisotopic (exact) mass is 674 g/mol. The van der Waals surface area contributed by atoms with E-state index in [1.807, 2.05) is 72.8 Å². The number of fused-ring (bicyclic) bond motifs is 9. The third-order valence-corrected chi connectivity index (χ3v) is 9.63. The van der Waals surface area contributed by atoms with E-state index in [4.69, 9.17) is 28.4 Å². The van der Waals surface area contributed by atoms with Crippen LogP contribution < -0.4 is 4.74 Å². The van der Waals surface area contributed by atoms with Crippen LogP contribution in [0.4, 0.5) is 0 Å². The number of aromatic nitrogens is 3. The third-order valence-electron chi connectivity index (χ3n) is 9.63. The van der Waals surface area contributed by atoms with Crippen molar-refractivity contribution in [3.8, 4) is 74.0 Å². The molecule has 2 heterocycles. The highest BCUT2D eigenvalue weighted by Gasteiger charge is 2.51. The standard InChI is InChI=1S/C47H28N4O/c48-29-30-22-24-31(25-23-30)35-16-11-19-40-43(35)36-28-34(46-50-44(32-12-3-1-4-13-32)49-45(51-46)33-14-5-2-6-15-33)26-27-37(36)47(40)38-17-7-9-20-41(38)52-42-21-10-8-18-39(42)47/h1-28H/i1D,2D,3D,4D,5D,6D,12D,13D,14D,15D. The van der Waals surface area contributed by atoms with Gasteiger partial charge < -0.3 is 4.74 Å². The Morgan fingerprint density at radius 2 is 1.04 bits per heavy atom. The molecule has 5 heteroatoms. The van der Waals surface area contributed by atoms with Crippen molar-refractivity contribution in [2.45, 2.75) is 5.41 Å². The summed E-state index contributed by atoms with van der Waals surface area (Å²) in [5.41, 5.74) is 6.43. The zero-order valence-corrected chi connectivity index (χ0v) is 27.1. The number of nitriles is 1. The molecule has 0 saturated carbocycles. The molecular formula is C47H28N4O. The summed E-state index contributed by atoms with van der Waals surface area (Å²) in [7, 11) is 0. The first-order valence-electron chi connectivity index (χ1n) is 21.4. The van der Waals surface area contributed by atoms with E-state index >= 15 is 0 Å². The third kappa shape index (κ3) is 4.45. The van der Waals surface area contributed by atoms with Crippen molar-refractivity contribution in [3.63, 3.8) is 0 Å². The largest absolute Gasteiger partial charge is 0.457 e. The van der Waals surface area contributed by atoms with Gasteiger partial charge in [0.05, 0.1) is 30.8 Å². The minimum atomic E-state index is -0.882. The van der Waals surface area contributed by atoms with Gasteiger partial charge in [-0.2, -0.15) is 5.26 Å². The van der Waals surface area contributed by atoms with Gasteiger partial charge in [-0.1, -0.05) is 139 Å². The summed E-state index contributed by atoms with van der Waals surface area (Å²) >= 11 is 0. The fourth-order valence-electron chi connectivity index (χ4n) is 7.51. The summed E-state index contributed by atoms with van der Waals surface area (Å²) in [6, 6.07) is 31.0. The molecule has 242 valence electrons. The van der Waals surface area contributed by atoms with Crippen molar-refractivity contribution in [2.24, 2.45) is 0 Å². The number of nitrogens with zero attached hydrogens (tertiary/aromatic N) is 4. The van der Waals surface area contributed by atoms with E-state index < -0.39 is 65.8 Å². The molecule has 1 aromatic heterocycles. The van der Waals surface area contributed by atoms with Gasteiger partial charge in [0, 0.05) is 27.8 Å². The Hall–Kier alpha value is -7.16. The topological polar surface area (TPSA) is 71.7 Å². The van der Waals surface area contributed by atoms with Crippen molar-refractivity contribution in [2.75, 3.05) is 0 Å². The number of hydrogen-bond acceptors (Lipinski definition) is 5. The van der Waals surface area contributed by atoms with Crippen LogP contribution in [0, 0.1) is 11.3 Å². The molecule has 1 aliphatic carbocycles. The molecule has 2 aliphatic rings. The van der Waals surface area contributed by atoms with E-state index in [1.54, 1.807) is 18.2 Å². The summed E-state index contributed by atoms with van der Waals surface area (Å²) in [6.45, 7) is 0. The minimum Gasteiger partial charge on any atom is -0.457 e. The summed E-state index contributed by atoms with van der Waals surface area (Å²) in [6.07, 6.45) is 0. The van der Waals surface area contributed by atoms with Crippen molar-refractivity contribution < 1.29 is 18.4 Å². The van der Waals surface area contributed by atoms with E-state index in [-0.39, 0.29) is 28.6 Å². The number of rotatable bonds is 4. The minimum absolute atomic E-state index is 0.0439. The van der Waals surface area contributed by atoms with Gasteiger partial charge >= 0.3 is 0 Å². The first-order valence-corrected chi connectivity index (χ1v) is 16.4. The molecule has 52 heavy (non-hydrogen) atoms. The van der Waals surface area contributed by atoms with Gasteiger partial charge in [-0.15, -0.1) is 0 Å². The molecule has 0 radical (unpaired) electrons. The Labute approximate surface area is 315 Å². The predicted molar refractivity (Wildman–Crippen MR) is 204 cm³/mol. The summed E-state index contributed by atoms with van der Waals surface area (Å²) in [5, 5.41) is 9.62. The lowest BCUT2D eigenvalue weighted by Crippen LogP contribution is -2.32. The molecule has 10 rings (SSSR count). The molecule has 5 nitrogen and oxygen atoms in total. The normalized spacial score (nSPS) is 15.6. The molecule has 0 fully saturated rings. The average Bonchev–Trinajstić information content (AvgIpc) is 3.59. The van der Waals surface area contributed by atoms with Crippen LogP contribution >= 0.6 is 0 Å².